The molecular weight excluding hydrogens is 408 g/mol. The zero-order valence-corrected chi connectivity index (χ0v) is 17.1. The van der Waals surface area contributed by atoms with Crippen LogP contribution in [0.3, 0.4) is 0 Å². The molecule has 142 valence electrons. The second-order valence-electron chi connectivity index (χ2n) is 6.68. The van der Waals surface area contributed by atoms with Crippen LogP contribution in [0.5, 0.6) is 5.75 Å². The standard InChI is InChI=1S/C21H23BrN2O3/c1-3-11-27-19-10-9-15(22)12-16(19)21(26)24-18-6-4-5-17(13(18)2)23-20(25)14-7-8-14/h4-6,9-10,12,14H,3,7-8,11H2,1-2H3,(H,23,25)(H,24,26). The van der Waals surface area contributed by atoms with Crippen molar-refractivity contribution in [2.45, 2.75) is 33.1 Å². The summed E-state index contributed by atoms with van der Waals surface area (Å²) in [5.41, 5.74) is 2.67. The Morgan fingerprint density at radius 3 is 2.52 bits per heavy atom. The molecule has 1 fully saturated rings. The van der Waals surface area contributed by atoms with Crippen LogP contribution in [-0.2, 0) is 4.79 Å². The Morgan fingerprint density at radius 1 is 1.15 bits per heavy atom. The molecule has 1 aliphatic carbocycles. The molecule has 2 amide bonds. The van der Waals surface area contributed by atoms with Gasteiger partial charge in [0.05, 0.1) is 12.2 Å². The summed E-state index contributed by atoms with van der Waals surface area (Å²) in [6.45, 7) is 4.44. The van der Waals surface area contributed by atoms with E-state index in [4.69, 9.17) is 4.74 Å². The average Bonchev–Trinajstić information content (AvgIpc) is 3.49. The second kappa shape index (κ2) is 8.57. The molecule has 0 spiro atoms. The van der Waals surface area contributed by atoms with Gasteiger partial charge in [-0.05, 0) is 62.1 Å². The minimum absolute atomic E-state index is 0.0452. The van der Waals surface area contributed by atoms with Gasteiger partial charge in [-0.1, -0.05) is 28.9 Å². The van der Waals surface area contributed by atoms with Gasteiger partial charge >= 0.3 is 0 Å². The van der Waals surface area contributed by atoms with Crippen LogP contribution >= 0.6 is 15.9 Å². The maximum Gasteiger partial charge on any atom is 0.259 e. The number of amides is 2. The van der Waals surface area contributed by atoms with E-state index < -0.39 is 0 Å². The number of nitrogens with one attached hydrogen (secondary N) is 2. The van der Waals surface area contributed by atoms with E-state index in [0.717, 1.165) is 35.0 Å². The highest BCUT2D eigenvalue weighted by Crippen LogP contribution is 2.32. The van der Waals surface area contributed by atoms with Crippen LogP contribution in [0.4, 0.5) is 11.4 Å². The van der Waals surface area contributed by atoms with E-state index in [2.05, 4.69) is 26.6 Å². The fraction of sp³-hybridized carbons (Fsp3) is 0.333. The minimum Gasteiger partial charge on any atom is -0.493 e. The lowest BCUT2D eigenvalue weighted by Gasteiger charge is -2.15. The number of benzene rings is 2. The first-order valence-corrected chi connectivity index (χ1v) is 9.93. The van der Waals surface area contributed by atoms with Gasteiger partial charge in [0.2, 0.25) is 5.91 Å². The molecule has 1 saturated carbocycles. The fourth-order valence-corrected chi connectivity index (χ4v) is 3.06. The first-order valence-electron chi connectivity index (χ1n) is 9.13. The summed E-state index contributed by atoms with van der Waals surface area (Å²) < 4.78 is 6.51. The van der Waals surface area contributed by atoms with Crippen molar-refractivity contribution in [1.82, 2.24) is 0 Å². The van der Waals surface area contributed by atoms with Gasteiger partial charge in [0.15, 0.2) is 0 Å². The first kappa shape index (κ1) is 19.4. The molecule has 2 aromatic rings. The van der Waals surface area contributed by atoms with Crippen LogP contribution in [0.1, 0.15) is 42.1 Å². The van der Waals surface area contributed by atoms with Crippen molar-refractivity contribution in [2.24, 2.45) is 5.92 Å². The van der Waals surface area contributed by atoms with Gasteiger partial charge in [-0.15, -0.1) is 0 Å². The van der Waals surface area contributed by atoms with Crippen molar-refractivity contribution in [2.75, 3.05) is 17.2 Å². The first-order chi connectivity index (χ1) is 13.0. The van der Waals surface area contributed by atoms with E-state index >= 15 is 0 Å². The molecule has 0 unspecified atom stereocenters. The van der Waals surface area contributed by atoms with E-state index in [-0.39, 0.29) is 17.7 Å². The van der Waals surface area contributed by atoms with E-state index in [0.29, 0.717) is 23.6 Å². The highest BCUT2D eigenvalue weighted by molar-refractivity contribution is 9.10. The summed E-state index contributed by atoms with van der Waals surface area (Å²) in [4.78, 5) is 24.9. The molecule has 6 heteroatoms. The van der Waals surface area contributed by atoms with Crippen LogP contribution in [0.15, 0.2) is 40.9 Å². The average molecular weight is 431 g/mol. The molecule has 27 heavy (non-hydrogen) atoms. The maximum atomic E-state index is 12.9. The molecule has 1 aliphatic rings. The Labute approximate surface area is 167 Å². The third-order valence-corrected chi connectivity index (χ3v) is 4.93. The van der Waals surface area contributed by atoms with Crippen LogP contribution in [0.2, 0.25) is 0 Å². The molecule has 0 saturated heterocycles. The number of carbonyl (C=O) groups excluding carboxylic acids is 2. The Balaban J connectivity index is 1.79. The number of hydrogen-bond donors (Lipinski definition) is 2. The lowest BCUT2D eigenvalue weighted by atomic mass is 10.1. The number of carbonyl (C=O) groups is 2. The SMILES string of the molecule is CCCOc1ccc(Br)cc1C(=O)Nc1cccc(NC(=O)C2CC2)c1C. The van der Waals surface area contributed by atoms with E-state index in [9.17, 15) is 9.59 Å². The van der Waals surface area contributed by atoms with Crippen molar-refractivity contribution < 1.29 is 14.3 Å². The van der Waals surface area contributed by atoms with Gasteiger partial charge in [-0.3, -0.25) is 9.59 Å². The molecule has 0 bridgehead atoms. The van der Waals surface area contributed by atoms with Gasteiger partial charge in [-0.2, -0.15) is 0 Å². The van der Waals surface area contributed by atoms with Gasteiger partial charge in [0.1, 0.15) is 5.75 Å². The van der Waals surface area contributed by atoms with Gasteiger partial charge in [0, 0.05) is 21.8 Å². The van der Waals surface area contributed by atoms with Crippen molar-refractivity contribution in [3.05, 3.63) is 52.0 Å². The molecule has 3 rings (SSSR count). The predicted molar refractivity (Wildman–Crippen MR) is 110 cm³/mol. The number of halogens is 1. The van der Waals surface area contributed by atoms with Crippen LogP contribution in [0, 0.1) is 12.8 Å². The third-order valence-electron chi connectivity index (χ3n) is 4.44. The lowest BCUT2D eigenvalue weighted by Crippen LogP contribution is -2.17. The zero-order valence-electron chi connectivity index (χ0n) is 15.5. The normalized spacial score (nSPS) is 13.1. The van der Waals surface area contributed by atoms with Crippen molar-refractivity contribution in [3.63, 3.8) is 0 Å². The largest absolute Gasteiger partial charge is 0.493 e. The number of rotatable bonds is 7. The number of hydrogen-bond acceptors (Lipinski definition) is 3. The van der Waals surface area contributed by atoms with Crippen molar-refractivity contribution in [3.8, 4) is 5.75 Å². The Morgan fingerprint density at radius 2 is 1.85 bits per heavy atom. The summed E-state index contributed by atoms with van der Waals surface area (Å²) in [5, 5.41) is 5.89. The molecule has 0 heterocycles. The smallest absolute Gasteiger partial charge is 0.259 e. The summed E-state index contributed by atoms with van der Waals surface area (Å²) >= 11 is 3.41. The number of ether oxygens (including phenoxy) is 1. The predicted octanol–water partition coefficient (Wildman–Crippen LogP) is 5.15. The molecular formula is C21H23BrN2O3. The van der Waals surface area contributed by atoms with Gasteiger partial charge < -0.3 is 15.4 Å². The monoisotopic (exact) mass is 430 g/mol. The molecule has 0 radical (unpaired) electrons. The van der Waals surface area contributed by atoms with E-state index in [1.165, 1.54) is 0 Å². The van der Waals surface area contributed by atoms with Crippen molar-refractivity contribution in [1.29, 1.82) is 0 Å². The second-order valence-corrected chi connectivity index (χ2v) is 7.60. The lowest BCUT2D eigenvalue weighted by molar-refractivity contribution is -0.117. The van der Waals surface area contributed by atoms with Gasteiger partial charge in [-0.25, -0.2) is 0 Å². The molecule has 0 aromatic heterocycles. The Bertz CT molecular complexity index is 863. The molecule has 0 aliphatic heterocycles. The topological polar surface area (TPSA) is 67.4 Å². The summed E-state index contributed by atoms with van der Waals surface area (Å²) in [6.07, 6.45) is 2.76. The fourth-order valence-electron chi connectivity index (χ4n) is 2.69. The summed E-state index contributed by atoms with van der Waals surface area (Å²) in [5.74, 6) is 0.468. The van der Waals surface area contributed by atoms with Crippen LogP contribution in [-0.4, -0.2) is 18.4 Å². The minimum atomic E-state index is -0.254. The number of anilines is 2. The van der Waals surface area contributed by atoms with Crippen LogP contribution < -0.4 is 15.4 Å². The van der Waals surface area contributed by atoms with Crippen molar-refractivity contribution >= 4 is 39.1 Å². The zero-order chi connectivity index (χ0) is 19.4. The third kappa shape index (κ3) is 4.89. The quantitative estimate of drug-likeness (QED) is 0.638. The van der Waals surface area contributed by atoms with E-state index in [1.54, 1.807) is 12.1 Å². The molecule has 2 N–H and O–H groups in total. The highest BCUT2D eigenvalue weighted by atomic mass is 79.9. The highest BCUT2D eigenvalue weighted by Gasteiger charge is 2.30. The summed E-state index contributed by atoms with van der Waals surface area (Å²) in [7, 11) is 0. The molecule has 5 nitrogen and oxygen atoms in total. The molecule has 0 atom stereocenters. The Kier molecular flexibility index (Phi) is 6.16. The van der Waals surface area contributed by atoms with Gasteiger partial charge in [0.25, 0.3) is 5.91 Å². The Hall–Kier alpha value is -2.34. The maximum absolute atomic E-state index is 12.9. The van der Waals surface area contributed by atoms with Crippen LogP contribution in [0.25, 0.3) is 0 Å². The summed E-state index contributed by atoms with van der Waals surface area (Å²) in [6, 6.07) is 10.9. The molecule has 2 aromatic carbocycles. The van der Waals surface area contributed by atoms with E-state index in [1.807, 2.05) is 38.1 Å².